The molecule has 0 aromatic heterocycles. The van der Waals surface area contributed by atoms with Crippen LogP contribution in [0.3, 0.4) is 0 Å². The zero-order valence-electron chi connectivity index (χ0n) is 11.3. The minimum Gasteiger partial charge on any atom is -0.488 e. The molecule has 0 fully saturated rings. The number of carboxylic acid groups (broad SMARTS) is 1. The van der Waals surface area contributed by atoms with E-state index in [4.69, 9.17) is 9.84 Å². The van der Waals surface area contributed by atoms with Crippen molar-refractivity contribution in [1.82, 2.24) is 0 Å². The molecule has 0 amide bonds. The predicted molar refractivity (Wildman–Crippen MR) is 81.3 cm³/mol. The Kier molecular flexibility index (Phi) is 4.45. The highest BCUT2D eigenvalue weighted by Gasteiger charge is 2.11. The van der Waals surface area contributed by atoms with Crippen molar-refractivity contribution in [3.63, 3.8) is 0 Å². The van der Waals surface area contributed by atoms with Gasteiger partial charge in [-0.3, -0.25) is 0 Å². The van der Waals surface area contributed by atoms with Crippen molar-refractivity contribution in [1.29, 1.82) is 0 Å². The first-order valence-corrected chi connectivity index (χ1v) is 6.99. The Hall–Kier alpha value is -1.81. The number of hydrogen-bond acceptors (Lipinski definition) is 2. The Morgan fingerprint density at radius 3 is 2.35 bits per heavy atom. The summed E-state index contributed by atoms with van der Waals surface area (Å²) >= 11 is 3.48. The van der Waals surface area contributed by atoms with Gasteiger partial charge in [0.2, 0.25) is 0 Å². The standard InChI is InChI=1S/C16H15BrO3/c1-10-7-13(16(18)19)8-11(2)15(10)20-9-12-5-3-4-6-14(12)17/h3-8H,9H2,1-2H3,(H,18,19). The second-order valence-corrected chi connectivity index (χ2v) is 5.48. The van der Waals surface area contributed by atoms with Crippen molar-refractivity contribution in [3.05, 3.63) is 63.1 Å². The molecule has 104 valence electrons. The number of hydrogen-bond donors (Lipinski definition) is 1. The SMILES string of the molecule is Cc1cc(C(=O)O)cc(C)c1OCc1ccccc1Br. The van der Waals surface area contributed by atoms with E-state index in [-0.39, 0.29) is 5.56 Å². The van der Waals surface area contributed by atoms with E-state index in [1.807, 2.05) is 38.1 Å². The van der Waals surface area contributed by atoms with Crippen molar-refractivity contribution in [2.75, 3.05) is 0 Å². The van der Waals surface area contributed by atoms with Gasteiger partial charge in [-0.1, -0.05) is 34.1 Å². The number of halogens is 1. The maximum Gasteiger partial charge on any atom is 0.335 e. The number of aryl methyl sites for hydroxylation is 2. The highest BCUT2D eigenvalue weighted by molar-refractivity contribution is 9.10. The third-order valence-electron chi connectivity index (χ3n) is 3.04. The summed E-state index contributed by atoms with van der Waals surface area (Å²) in [6, 6.07) is 11.1. The van der Waals surface area contributed by atoms with Crippen LogP contribution in [0.15, 0.2) is 40.9 Å². The van der Waals surface area contributed by atoms with E-state index in [0.29, 0.717) is 6.61 Å². The molecule has 3 nitrogen and oxygen atoms in total. The minimum absolute atomic E-state index is 0.285. The van der Waals surface area contributed by atoms with Gasteiger partial charge in [-0.2, -0.15) is 0 Å². The van der Waals surface area contributed by atoms with Gasteiger partial charge in [-0.05, 0) is 43.2 Å². The lowest BCUT2D eigenvalue weighted by atomic mass is 10.1. The van der Waals surface area contributed by atoms with Crippen LogP contribution in [-0.2, 0) is 6.61 Å². The van der Waals surface area contributed by atoms with Gasteiger partial charge in [0, 0.05) is 10.0 Å². The third kappa shape index (κ3) is 3.20. The Bertz CT molecular complexity index is 627. The molecule has 0 aliphatic rings. The number of benzene rings is 2. The molecule has 2 aromatic rings. The predicted octanol–water partition coefficient (Wildman–Crippen LogP) is 4.34. The molecule has 1 N–H and O–H groups in total. The van der Waals surface area contributed by atoms with Crippen LogP contribution in [0, 0.1) is 13.8 Å². The molecule has 2 rings (SSSR count). The Balaban J connectivity index is 2.22. The molecule has 2 aromatic carbocycles. The second kappa shape index (κ2) is 6.09. The first-order valence-electron chi connectivity index (χ1n) is 6.20. The number of carboxylic acids is 1. The van der Waals surface area contributed by atoms with Crippen LogP contribution in [0.1, 0.15) is 27.0 Å². The average molecular weight is 335 g/mol. The lowest BCUT2D eigenvalue weighted by Gasteiger charge is -2.13. The fourth-order valence-corrected chi connectivity index (χ4v) is 2.47. The van der Waals surface area contributed by atoms with E-state index in [1.54, 1.807) is 12.1 Å². The van der Waals surface area contributed by atoms with Gasteiger partial charge < -0.3 is 9.84 Å². The van der Waals surface area contributed by atoms with Gasteiger partial charge in [-0.15, -0.1) is 0 Å². The summed E-state index contributed by atoms with van der Waals surface area (Å²) in [5.74, 6) is -0.181. The number of carbonyl (C=O) groups is 1. The summed E-state index contributed by atoms with van der Waals surface area (Å²) in [6.45, 7) is 4.15. The molecule has 0 atom stereocenters. The quantitative estimate of drug-likeness (QED) is 0.904. The van der Waals surface area contributed by atoms with Crippen molar-refractivity contribution in [2.45, 2.75) is 20.5 Å². The van der Waals surface area contributed by atoms with Crippen molar-refractivity contribution < 1.29 is 14.6 Å². The normalized spacial score (nSPS) is 10.3. The summed E-state index contributed by atoms with van der Waals surface area (Å²) in [5, 5.41) is 9.02. The van der Waals surface area contributed by atoms with E-state index in [1.165, 1.54) is 0 Å². The van der Waals surface area contributed by atoms with Crippen LogP contribution in [0.4, 0.5) is 0 Å². The first kappa shape index (κ1) is 14.6. The van der Waals surface area contributed by atoms with E-state index >= 15 is 0 Å². The zero-order valence-corrected chi connectivity index (χ0v) is 12.9. The summed E-state index contributed by atoms with van der Waals surface area (Å²) in [4.78, 5) is 11.0. The molecule has 0 aliphatic heterocycles. The Morgan fingerprint density at radius 1 is 1.20 bits per heavy atom. The molecular formula is C16H15BrO3. The van der Waals surface area contributed by atoms with Crippen LogP contribution in [-0.4, -0.2) is 11.1 Å². The van der Waals surface area contributed by atoms with Crippen LogP contribution < -0.4 is 4.74 Å². The molecule has 0 spiro atoms. The van der Waals surface area contributed by atoms with Crippen LogP contribution >= 0.6 is 15.9 Å². The highest BCUT2D eigenvalue weighted by atomic mass is 79.9. The van der Waals surface area contributed by atoms with E-state index < -0.39 is 5.97 Å². The van der Waals surface area contributed by atoms with Crippen LogP contribution in [0.25, 0.3) is 0 Å². The number of ether oxygens (including phenoxy) is 1. The van der Waals surface area contributed by atoms with Gasteiger partial charge >= 0.3 is 5.97 Å². The monoisotopic (exact) mass is 334 g/mol. The van der Waals surface area contributed by atoms with Gasteiger partial charge in [0.15, 0.2) is 0 Å². The molecule has 0 bridgehead atoms. The molecular weight excluding hydrogens is 320 g/mol. The van der Waals surface area contributed by atoms with Crippen LogP contribution in [0.2, 0.25) is 0 Å². The van der Waals surface area contributed by atoms with Crippen LogP contribution in [0.5, 0.6) is 5.75 Å². The number of rotatable bonds is 4. The average Bonchev–Trinajstić information content (AvgIpc) is 2.39. The smallest absolute Gasteiger partial charge is 0.335 e. The largest absolute Gasteiger partial charge is 0.488 e. The van der Waals surface area contributed by atoms with Crippen molar-refractivity contribution in [2.24, 2.45) is 0 Å². The van der Waals surface area contributed by atoms with Gasteiger partial charge in [0.25, 0.3) is 0 Å². The summed E-state index contributed by atoms with van der Waals surface area (Å²) in [6.07, 6.45) is 0. The van der Waals surface area contributed by atoms with Crippen molar-refractivity contribution >= 4 is 21.9 Å². The van der Waals surface area contributed by atoms with Gasteiger partial charge in [-0.25, -0.2) is 4.79 Å². The lowest BCUT2D eigenvalue weighted by molar-refractivity contribution is 0.0696. The molecule has 0 aliphatic carbocycles. The maximum absolute atomic E-state index is 11.0. The molecule has 0 saturated carbocycles. The van der Waals surface area contributed by atoms with E-state index in [9.17, 15) is 4.79 Å². The number of aromatic carboxylic acids is 1. The van der Waals surface area contributed by atoms with Gasteiger partial charge in [0.1, 0.15) is 12.4 Å². The second-order valence-electron chi connectivity index (χ2n) is 4.62. The summed E-state index contributed by atoms with van der Waals surface area (Å²) in [7, 11) is 0. The summed E-state index contributed by atoms with van der Waals surface area (Å²) in [5.41, 5.74) is 2.99. The Labute approximate surface area is 126 Å². The summed E-state index contributed by atoms with van der Waals surface area (Å²) < 4.78 is 6.84. The molecule has 0 radical (unpaired) electrons. The topological polar surface area (TPSA) is 46.5 Å². The molecule has 4 heteroatoms. The fraction of sp³-hybridized carbons (Fsp3) is 0.188. The molecule has 0 saturated heterocycles. The first-order chi connectivity index (χ1) is 9.49. The third-order valence-corrected chi connectivity index (χ3v) is 3.81. The van der Waals surface area contributed by atoms with Gasteiger partial charge in [0.05, 0.1) is 5.56 Å². The maximum atomic E-state index is 11.0. The van der Waals surface area contributed by atoms with E-state index in [0.717, 1.165) is 26.9 Å². The fourth-order valence-electron chi connectivity index (χ4n) is 2.07. The Morgan fingerprint density at radius 2 is 1.80 bits per heavy atom. The molecule has 0 heterocycles. The highest BCUT2D eigenvalue weighted by Crippen LogP contribution is 2.27. The molecule has 0 unspecified atom stereocenters. The van der Waals surface area contributed by atoms with Crippen molar-refractivity contribution in [3.8, 4) is 5.75 Å². The molecule has 20 heavy (non-hydrogen) atoms. The van der Waals surface area contributed by atoms with E-state index in [2.05, 4.69) is 15.9 Å². The zero-order chi connectivity index (χ0) is 14.7. The lowest BCUT2D eigenvalue weighted by Crippen LogP contribution is -2.03. The minimum atomic E-state index is -0.923.